The second-order valence-electron chi connectivity index (χ2n) is 5.59. The summed E-state index contributed by atoms with van der Waals surface area (Å²) in [5.41, 5.74) is 3.10. The van der Waals surface area contributed by atoms with E-state index in [1.807, 2.05) is 30.5 Å². The number of rotatable bonds is 4. The zero-order chi connectivity index (χ0) is 17.8. The van der Waals surface area contributed by atoms with Crippen LogP contribution in [0.5, 0.6) is 0 Å². The molecule has 5 heteroatoms. The molecule has 0 unspecified atom stereocenters. The van der Waals surface area contributed by atoms with Crippen molar-refractivity contribution >= 4 is 34.5 Å². The molecule has 5 nitrogen and oxygen atoms in total. The third kappa shape index (κ3) is 3.61. The van der Waals surface area contributed by atoms with E-state index in [9.17, 15) is 9.59 Å². The summed E-state index contributed by atoms with van der Waals surface area (Å²) in [6.45, 7) is 0. The van der Waals surface area contributed by atoms with Gasteiger partial charge in [-0.2, -0.15) is 0 Å². The van der Waals surface area contributed by atoms with Gasteiger partial charge in [0.05, 0.1) is 12.7 Å². The van der Waals surface area contributed by atoms with Crippen molar-refractivity contribution in [3.8, 4) is 0 Å². The lowest BCUT2D eigenvalue weighted by Gasteiger charge is -2.15. The molecule has 1 N–H and O–H groups in total. The van der Waals surface area contributed by atoms with E-state index in [1.165, 1.54) is 13.2 Å². The molecule has 1 amide bonds. The van der Waals surface area contributed by atoms with Gasteiger partial charge < -0.3 is 14.6 Å². The van der Waals surface area contributed by atoms with Crippen molar-refractivity contribution < 1.29 is 14.3 Å². The zero-order valence-electron chi connectivity index (χ0n) is 14.0. The van der Waals surface area contributed by atoms with Crippen LogP contribution in [0.25, 0.3) is 17.0 Å². The maximum atomic E-state index is 12.4. The first-order valence-electron chi connectivity index (χ1n) is 7.80. The number of nitrogens with zero attached hydrogens (tertiary/aromatic N) is 1. The number of carbonyl (C=O) groups is 2. The van der Waals surface area contributed by atoms with Crippen LogP contribution in [0.15, 0.2) is 60.8 Å². The van der Waals surface area contributed by atoms with Crippen molar-refractivity contribution in [3.05, 3.63) is 71.9 Å². The molecule has 126 valence electrons. The highest BCUT2D eigenvalue weighted by molar-refractivity contribution is 6.04. The van der Waals surface area contributed by atoms with Gasteiger partial charge in [-0.3, -0.25) is 4.79 Å². The molecule has 0 saturated heterocycles. The van der Waals surface area contributed by atoms with Crippen molar-refractivity contribution in [2.75, 3.05) is 19.1 Å². The van der Waals surface area contributed by atoms with Gasteiger partial charge in [-0.1, -0.05) is 18.2 Å². The molecule has 0 aliphatic carbocycles. The summed E-state index contributed by atoms with van der Waals surface area (Å²) >= 11 is 0. The summed E-state index contributed by atoms with van der Waals surface area (Å²) in [6.07, 6.45) is 5.09. The van der Waals surface area contributed by atoms with Crippen LogP contribution in [0.3, 0.4) is 0 Å². The topological polar surface area (TPSA) is 62.4 Å². The van der Waals surface area contributed by atoms with Crippen molar-refractivity contribution in [1.29, 1.82) is 0 Å². The SMILES string of the molecule is COC(=O)c1ccc(/C=C/C(=O)N(C)c2ccc3cc[nH]c3c2)cc1. The van der Waals surface area contributed by atoms with E-state index in [0.29, 0.717) is 5.56 Å². The van der Waals surface area contributed by atoms with E-state index in [2.05, 4.69) is 9.72 Å². The summed E-state index contributed by atoms with van der Waals surface area (Å²) in [7, 11) is 3.08. The summed E-state index contributed by atoms with van der Waals surface area (Å²) < 4.78 is 4.66. The lowest BCUT2D eigenvalue weighted by atomic mass is 10.1. The lowest BCUT2D eigenvalue weighted by molar-refractivity contribution is -0.113. The number of aromatic amines is 1. The van der Waals surface area contributed by atoms with E-state index in [1.54, 1.807) is 42.3 Å². The molecule has 1 aromatic heterocycles. The Morgan fingerprint density at radius 2 is 1.84 bits per heavy atom. The Kier molecular flexibility index (Phi) is 4.66. The number of amides is 1. The molecule has 0 radical (unpaired) electrons. The first-order chi connectivity index (χ1) is 12.1. The summed E-state index contributed by atoms with van der Waals surface area (Å²) in [5, 5.41) is 1.10. The quantitative estimate of drug-likeness (QED) is 0.585. The third-order valence-corrected chi connectivity index (χ3v) is 4.01. The Morgan fingerprint density at radius 3 is 2.56 bits per heavy atom. The van der Waals surface area contributed by atoms with Crippen LogP contribution in [0.2, 0.25) is 0 Å². The van der Waals surface area contributed by atoms with Crippen molar-refractivity contribution in [3.63, 3.8) is 0 Å². The van der Waals surface area contributed by atoms with Crippen LogP contribution < -0.4 is 4.90 Å². The van der Waals surface area contributed by atoms with Crippen LogP contribution >= 0.6 is 0 Å². The molecule has 3 rings (SSSR count). The Bertz CT molecular complexity index is 939. The molecule has 0 aliphatic rings. The lowest BCUT2D eigenvalue weighted by Crippen LogP contribution is -2.23. The summed E-state index contributed by atoms with van der Waals surface area (Å²) in [5.74, 6) is -0.519. The number of hydrogen-bond donors (Lipinski definition) is 1. The van der Waals surface area contributed by atoms with Crippen molar-refractivity contribution in [1.82, 2.24) is 4.98 Å². The monoisotopic (exact) mass is 334 g/mol. The predicted molar refractivity (Wildman–Crippen MR) is 98.5 cm³/mol. The fourth-order valence-electron chi connectivity index (χ4n) is 2.50. The number of aromatic nitrogens is 1. The molecule has 1 heterocycles. The van der Waals surface area contributed by atoms with Gasteiger partial charge in [-0.05, 0) is 47.4 Å². The van der Waals surface area contributed by atoms with Crippen molar-refractivity contribution in [2.24, 2.45) is 0 Å². The molecule has 0 aliphatic heterocycles. The van der Waals surface area contributed by atoms with Crippen LogP contribution in [0.1, 0.15) is 15.9 Å². The first-order valence-corrected chi connectivity index (χ1v) is 7.80. The highest BCUT2D eigenvalue weighted by atomic mass is 16.5. The number of hydrogen-bond acceptors (Lipinski definition) is 3. The minimum absolute atomic E-state index is 0.136. The van der Waals surface area contributed by atoms with E-state index >= 15 is 0 Å². The Labute approximate surface area is 145 Å². The van der Waals surface area contributed by atoms with Crippen LogP contribution in [-0.2, 0) is 9.53 Å². The van der Waals surface area contributed by atoms with Gasteiger partial charge in [0.25, 0.3) is 5.91 Å². The third-order valence-electron chi connectivity index (χ3n) is 4.01. The van der Waals surface area contributed by atoms with Gasteiger partial charge in [-0.25, -0.2) is 4.79 Å². The molecule has 0 spiro atoms. The number of fused-ring (bicyclic) bond motifs is 1. The molecule has 3 aromatic rings. The van der Waals surface area contributed by atoms with E-state index in [-0.39, 0.29) is 11.9 Å². The number of methoxy groups -OCH3 is 1. The minimum Gasteiger partial charge on any atom is -0.465 e. The molecule has 0 bridgehead atoms. The van der Waals surface area contributed by atoms with Gasteiger partial charge in [-0.15, -0.1) is 0 Å². The highest BCUT2D eigenvalue weighted by Crippen LogP contribution is 2.20. The first kappa shape index (κ1) is 16.5. The minimum atomic E-state index is -0.383. The molecule has 0 saturated carbocycles. The average Bonchev–Trinajstić information content (AvgIpc) is 3.13. The van der Waals surface area contributed by atoms with Gasteiger partial charge in [0.15, 0.2) is 0 Å². The molecule has 25 heavy (non-hydrogen) atoms. The normalized spacial score (nSPS) is 11.0. The number of benzene rings is 2. The van der Waals surface area contributed by atoms with E-state index in [0.717, 1.165) is 22.2 Å². The maximum Gasteiger partial charge on any atom is 0.337 e. The molecule has 0 atom stereocenters. The number of nitrogens with one attached hydrogen (secondary N) is 1. The van der Waals surface area contributed by atoms with Crippen molar-refractivity contribution in [2.45, 2.75) is 0 Å². The number of esters is 1. The van der Waals surface area contributed by atoms with Crippen LogP contribution in [0.4, 0.5) is 5.69 Å². The van der Waals surface area contributed by atoms with E-state index < -0.39 is 0 Å². The van der Waals surface area contributed by atoms with E-state index in [4.69, 9.17) is 0 Å². The fourth-order valence-corrected chi connectivity index (χ4v) is 2.50. The largest absolute Gasteiger partial charge is 0.465 e. The smallest absolute Gasteiger partial charge is 0.337 e. The molecular formula is C20H18N2O3. The molecular weight excluding hydrogens is 316 g/mol. The van der Waals surface area contributed by atoms with Gasteiger partial charge >= 0.3 is 5.97 Å². The molecule has 2 aromatic carbocycles. The Balaban J connectivity index is 1.71. The van der Waals surface area contributed by atoms with Gasteiger partial charge in [0.1, 0.15) is 0 Å². The zero-order valence-corrected chi connectivity index (χ0v) is 14.0. The summed E-state index contributed by atoms with van der Waals surface area (Å²) in [6, 6.07) is 14.7. The highest BCUT2D eigenvalue weighted by Gasteiger charge is 2.09. The van der Waals surface area contributed by atoms with Gasteiger partial charge in [0, 0.05) is 30.5 Å². The van der Waals surface area contributed by atoms with Crippen LogP contribution in [0, 0.1) is 0 Å². The number of H-pyrrole nitrogens is 1. The van der Waals surface area contributed by atoms with Crippen LogP contribution in [-0.4, -0.2) is 31.0 Å². The predicted octanol–water partition coefficient (Wildman–Crippen LogP) is 3.63. The summed E-state index contributed by atoms with van der Waals surface area (Å²) in [4.78, 5) is 28.5. The fraction of sp³-hybridized carbons (Fsp3) is 0.100. The number of likely N-dealkylation sites (N-methyl/N-ethyl adjacent to an activating group) is 1. The number of ether oxygens (including phenoxy) is 1. The van der Waals surface area contributed by atoms with Gasteiger partial charge in [0.2, 0.25) is 0 Å². The standard InChI is InChI=1S/C20H18N2O3/c1-22(17-9-8-15-11-12-21-18(15)13-17)19(23)10-5-14-3-6-16(7-4-14)20(24)25-2/h3-13,21H,1-2H3/b10-5+. The number of carbonyl (C=O) groups excluding carboxylic acids is 2. The Hall–Kier alpha value is -3.34. The second-order valence-corrected chi connectivity index (χ2v) is 5.59. The Morgan fingerprint density at radius 1 is 1.08 bits per heavy atom. The maximum absolute atomic E-state index is 12.4. The average molecular weight is 334 g/mol. The second kappa shape index (κ2) is 7.05. The number of anilines is 1. The molecule has 0 fully saturated rings.